The summed E-state index contributed by atoms with van der Waals surface area (Å²) in [6.45, 7) is 7.58. The molecule has 2 aromatic rings. The Morgan fingerprint density at radius 3 is 2.71 bits per heavy atom. The number of anilines is 2. The van der Waals surface area contributed by atoms with Crippen molar-refractivity contribution in [1.82, 2.24) is 9.97 Å². The zero-order valence-corrected chi connectivity index (χ0v) is 10.9. The highest BCUT2D eigenvalue weighted by Gasteiger charge is 2.16. The van der Waals surface area contributed by atoms with Crippen LogP contribution in [0.2, 0.25) is 0 Å². The van der Waals surface area contributed by atoms with Crippen molar-refractivity contribution in [3.8, 4) is 0 Å². The number of imidazole rings is 1. The number of benzene rings is 1. The molecule has 0 unspecified atom stereocenters. The molecule has 0 aliphatic carbocycles. The maximum atomic E-state index is 5.75. The van der Waals surface area contributed by atoms with Gasteiger partial charge >= 0.3 is 0 Å². The molecule has 17 heavy (non-hydrogen) atoms. The van der Waals surface area contributed by atoms with Gasteiger partial charge in [0.2, 0.25) is 5.95 Å². The van der Waals surface area contributed by atoms with E-state index in [-0.39, 0.29) is 5.41 Å². The van der Waals surface area contributed by atoms with Crippen LogP contribution in [0.5, 0.6) is 0 Å². The van der Waals surface area contributed by atoms with E-state index >= 15 is 0 Å². The van der Waals surface area contributed by atoms with Crippen molar-refractivity contribution in [2.45, 2.75) is 20.8 Å². The molecule has 1 aromatic carbocycles. The Morgan fingerprint density at radius 2 is 2.06 bits per heavy atom. The number of aromatic nitrogens is 2. The number of rotatable bonds is 2. The second-order valence-corrected chi connectivity index (χ2v) is 5.75. The first-order valence-corrected chi connectivity index (χ1v) is 5.81. The van der Waals surface area contributed by atoms with Crippen LogP contribution in [0.1, 0.15) is 20.8 Å². The molecule has 0 saturated heterocycles. The Balaban J connectivity index is 2.30. The molecule has 2 rings (SSSR count). The fourth-order valence-electron chi connectivity index (χ4n) is 1.98. The highest BCUT2D eigenvalue weighted by Crippen LogP contribution is 2.22. The van der Waals surface area contributed by atoms with Crippen molar-refractivity contribution in [1.29, 1.82) is 0 Å². The number of aromatic amines is 1. The van der Waals surface area contributed by atoms with Crippen LogP contribution in [0.25, 0.3) is 11.0 Å². The number of H-pyrrole nitrogens is 1. The Bertz CT molecular complexity index is 522. The molecule has 1 heterocycles. The van der Waals surface area contributed by atoms with E-state index in [1.54, 1.807) is 0 Å². The summed E-state index contributed by atoms with van der Waals surface area (Å²) in [4.78, 5) is 9.98. The fourth-order valence-corrected chi connectivity index (χ4v) is 1.98. The van der Waals surface area contributed by atoms with Crippen molar-refractivity contribution in [2.24, 2.45) is 5.41 Å². The molecule has 0 amide bonds. The number of hydrogen-bond donors (Lipinski definition) is 2. The number of nitrogen functional groups attached to an aromatic ring is 1. The molecular formula is C13H20N4. The molecule has 0 aliphatic heterocycles. The number of nitrogens with one attached hydrogen (secondary N) is 1. The molecule has 4 nitrogen and oxygen atoms in total. The lowest BCUT2D eigenvalue weighted by Crippen LogP contribution is -2.29. The number of nitrogens with two attached hydrogens (primary N) is 1. The summed E-state index contributed by atoms with van der Waals surface area (Å²) in [7, 11) is 2.05. The molecule has 0 aliphatic rings. The van der Waals surface area contributed by atoms with Crippen LogP contribution in [-0.2, 0) is 0 Å². The number of fused-ring (bicyclic) bond motifs is 1. The van der Waals surface area contributed by atoms with E-state index in [2.05, 4.69) is 35.6 Å². The van der Waals surface area contributed by atoms with E-state index in [9.17, 15) is 0 Å². The molecule has 0 spiro atoms. The van der Waals surface area contributed by atoms with E-state index in [0.29, 0.717) is 0 Å². The summed E-state index contributed by atoms with van der Waals surface area (Å²) in [5, 5.41) is 0. The van der Waals surface area contributed by atoms with Gasteiger partial charge in [-0.3, -0.25) is 0 Å². The van der Waals surface area contributed by atoms with Crippen molar-refractivity contribution < 1.29 is 0 Å². The molecule has 1 aromatic heterocycles. The average Bonchev–Trinajstić information content (AvgIpc) is 2.57. The average molecular weight is 232 g/mol. The second-order valence-electron chi connectivity index (χ2n) is 5.75. The van der Waals surface area contributed by atoms with Gasteiger partial charge in [-0.25, -0.2) is 4.98 Å². The summed E-state index contributed by atoms with van der Waals surface area (Å²) in [6.07, 6.45) is 0. The molecule has 0 saturated carbocycles. The molecule has 0 fully saturated rings. The van der Waals surface area contributed by atoms with Gasteiger partial charge in [0.25, 0.3) is 0 Å². The fraction of sp³-hybridized carbons (Fsp3) is 0.462. The Morgan fingerprint density at radius 1 is 1.35 bits per heavy atom. The van der Waals surface area contributed by atoms with Gasteiger partial charge < -0.3 is 15.6 Å². The molecule has 0 bridgehead atoms. The van der Waals surface area contributed by atoms with Gasteiger partial charge in [0.05, 0.1) is 11.0 Å². The predicted octanol–water partition coefficient (Wildman–Crippen LogP) is 2.63. The van der Waals surface area contributed by atoms with Crippen LogP contribution in [0.3, 0.4) is 0 Å². The van der Waals surface area contributed by atoms with Gasteiger partial charge in [0.15, 0.2) is 0 Å². The molecular weight excluding hydrogens is 212 g/mol. The van der Waals surface area contributed by atoms with E-state index in [1.165, 1.54) is 0 Å². The molecule has 0 atom stereocenters. The number of hydrogen-bond acceptors (Lipinski definition) is 3. The lowest BCUT2D eigenvalue weighted by atomic mass is 9.96. The Labute approximate surface area is 102 Å². The Kier molecular flexibility index (Phi) is 2.73. The maximum Gasteiger partial charge on any atom is 0.203 e. The van der Waals surface area contributed by atoms with Crippen molar-refractivity contribution in [2.75, 3.05) is 24.2 Å². The standard InChI is InChI=1S/C13H20N4/c1-13(2,3)8-17(4)12-15-10-6-5-9(14)7-11(10)16-12/h5-7H,8,14H2,1-4H3,(H,15,16). The van der Waals surface area contributed by atoms with Crippen molar-refractivity contribution in [3.63, 3.8) is 0 Å². The van der Waals surface area contributed by atoms with E-state index in [0.717, 1.165) is 29.2 Å². The second kappa shape index (κ2) is 3.95. The summed E-state index contributed by atoms with van der Waals surface area (Å²) in [5.41, 5.74) is 8.69. The monoisotopic (exact) mass is 232 g/mol. The van der Waals surface area contributed by atoms with Crippen LogP contribution in [0.4, 0.5) is 11.6 Å². The van der Waals surface area contributed by atoms with E-state index in [1.807, 2.05) is 25.2 Å². The molecule has 4 heteroatoms. The quantitative estimate of drug-likeness (QED) is 0.782. The van der Waals surface area contributed by atoms with Gasteiger partial charge in [-0.15, -0.1) is 0 Å². The highest BCUT2D eigenvalue weighted by atomic mass is 15.2. The lowest BCUT2D eigenvalue weighted by Gasteiger charge is -2.26. The minimum atomic E-state index is 0.243. The van der Waals surface area contributed by atoms with Gasteiger partial charge in [0, 0.05) is 19.3 Å². The van der Waals surface area contributed by atoms with Gasteiger partial charge in [-0.05, 0) is 23.6 Å². The maximum absolute atomic E-state index is 5.75. The zero-order chi connectivity index (χ0) is 12.6. The van der Waals surface area contributed by atoms with Gasteiger partial charge in [-0.2, -0.15) is 0 Å². The minimum Gasteiger partial charge on any atom is -0.399 e. The molecule has 0 radical (unpaired) electrons. The first kappa shape index (κ1) is 11.8. The van der Waals surface area contributed by atoms with Crippen LogP contribution in [0, 0.1) is 5.41 Å². The Hall–Kier alpha value is -1.71. The third-order valence-corrected chi connectivity index (χ3v) is 2.57. The predicted molar refractivity (Wildman–Crippen MR) is 73.2 cm³/mol. The number of nitrogens with zero attached hydrogens (tertiary/aromatic N) is 2. The topological polar surface area (TPSA) is 57.9 Å². The first-order chi connectivity index (χ1) is 7.85. The van der Waals surface area contributed by atoms with Crippen molar-refractivity contribution >= 4 is 22.7 Å². The van der Waals surface area contributed by atoms with E-state index in [4.69, 9.17) is 5.73 Å². The zero-order valence-electron chi connectivity index (χ0n) is 10.9. The summed E-state index contributed by atoms with van der Waals surface area (Å²) in [6, 6.07) is 5.73. The molecule has 3 N–H and O–H groups in total. The molecule has 92 valence electrons. The highest BCUT2D eigenvalue weighted by molar-refractivity contribution is 5.80. The van der Waals surface area contributed by atoms with Crippen molar-refractivity contribution in [3.05, 3.63) is 18.2 Å². The van der Waals surface area contributed by atoms with Gasteiger partial charge in [0.1, 0.15) is 0 Å². The van der Waals surface area contributed by atoms with Crippen LogP contribution in [0.15, 0.2) is 18.2 Å². The first-order valence-electron chi connectivity index (χ1n) is 5.81. The largest absolute Gasteiger partial charge is 0.399 e. The smallest absolute Gasteiger partial charge is 0.203 e. The van der Waals surface area contributed by atoms with E-state index < -0.39 is 0 Å². The summed E-state index contributed by atoms with van der Waals surface area (Å²) < 4.78 is 0. The van der Waals surface area contributed by atoms with Crippen LogP contribution in [-0.4, -0.2) is 23.6 Å². The van der Waals surface area contributed by atoms with Crippen LogP contribution < -0.4 is 10.6 Å². The lowest BCUT2D eigenvalue weighted by molar-refractivity contribution is 0.417. The SMILES string of the molecule is CN(CC(C)(C)C)c1nc2ccc(N)cc2[nH]1. The normalized spacial score (nSPS) is 12.0. The van der Waals surface area contributed by atoms with Crippen LogP contribution >= 0.6 is 0 Å². The summed E-state index contributed by atoms with van der Waals surface area (Å²) >= 11 is 0. The minimum absolute atomic E-state index is 0.243. The third kappa shape index (κ3) is 2.70. The summed E-state index contributed by atoms with van der Waals surface area (Å²) in [5.74, 6) is 0.889. The van der Waals surface area contributed by atoms with Gasteiger partial charge in [-0.1, -0.05) is 20.8 Å². The third-order valence-electron chi connectivity index (χ3n) is 2.57.